The summed E-state index contributed by atoms with van der Waals surface area (Å²) in [5.41, 5.74) is 3.22. The Balaban J connectivity index is 1.33. The fourth-order valence-corrected chi connectivity index (χ4v) is 4.28. The molecule has 3 aromatic carbocycles. The van der Waals surface area contributed by atoms with E-state index in [0.29, 0.717) is 24.0 Å². The number of carbonyl (C=O) groups is 2. The number of hydrogen-bond donors (Lipinski definition) is 1. The number of methoxy groups -OCH3 is 1. The molecule has 1 aliphatic rings. The lowest BCUT2D eigenvalue weighted by molar-refractivity contribution is -0.121. The lowest BCUT2D eigenvalue weighted by Gasteiger charge is -2.19. The smallest absolute Gasteiger partial charge is 0.341 e. The Morgan fingerprint density at radius 2 is 1.85 bits per heavy atom. The number of nitrogens with zero attached hydrogens (tertiary/aromatic N) is 1. The summed E-state index contributed by atoms with van der Waals surface area (Å²) >= 11 is 0. The van der Waals surface area contributed by atoms with Crippen molar-refractivity contribution in [2.24, 2.45) is 0 Å². The van der Waals surface area contributed by atoms with Crippen LogP contribution < -0.4 is 10.2 Å². The van der Waals surface area contributed by atoms with E-state index in [9.17, 15) is 18.4 Å². The Labute approximate surface area is 197 Å². The molecule has 4 rings (SSSR count). The molecule has 0 fully saturated rings. The van der Waals surface area contributed by atoms with E-state index >= 15 is 0 Å². The quantitative estimate of drug-likeness (QED) is 0.483. The van der Waals surface area contributed by atoms with Crippen molar-refractivity contribution in [1.82, 2.24) is 5.32 Å². The zero-order valence-electron chi connectivity index (χ0n) is 18.9. The van der Waals surface area contributed by atoms with Crippen LogP contribution in [0.4, 0.5) is 14.5 Å². The molecular formula is C27H26F2N2O3. The first-order valence-electron chi connectivity index (χ1n) is 11.2. The van der Waals surface area contributed by atoms with Gasteiger partial charge in [0.15, 0.2) is 0 Å². The minimum Gasteiger partial charge on any atom is -0.465 e. The largest absolute Gasteiger partial charge is 0.465 e. The van der Waals surface area contributed by atoms with Crippen LogP contribution in [0.2, 0.25) is 0 Å². The summed E-state index contributed by atoms with van der Waals surface area (Å²) in [6.45, 7) is 1.80. The van der Waals surface area contributed by atoms with E-state index in [4.69, 9.17) is 0 Å². The highest BCUT2D eigenvalue weighted by Gasteiger charge is 2.20. The molecule has 1 amide bonds. The van der Waals surface area contributed by atoms with E-state index in [-0.39, 0.29) is 23.6 Å². The Bertz CT molecular complexity index is 1210. The molecule has 0 spiro atoms. The van der Waals surface area contributed by atoms with E-state index in [1.165, 1.54) is 35.5 Å². The van der Waals surface area contributed by atoms with Crippen LogP contribution in [0.1, 0.15) is 34.3 Å². The third-order valence-corrected chi connectivity index (χ3v) is 6.06. The number of halogens is 2. The van der Waals surface area contributed by atoms with Crippen molar-refractivity contribution >= 4 is 17.6 Å². The maximum absolute atomic E-state index is 14.7. The van der Waals surface area contributed by atoms with Crippen LogP contribution in [0, 0.1) is 11.6 Å². The number of amides is 1. The normalized spacial score (nSPS) is 12.4. The second-order valence-electron chi connectivity index (χ2n) is 8.21. The van der Waals surface area contributed by atoms with Crippen molar-refractivity contribution in [1.29, 1.82) is 0 Å². The molecule has 0 aliphatic carbocycles. The molecule has 1 heterocycles. The number of ether oxygens (including phenoxy) is 1. The van der Waals surface area contributed by atoms with Crippen LogP contribution in [0.15, 0.2) is 60.7 Å². The van der Waals surface area contributed by atoms with Gasteiger partial charge >= 0.3 is 5.97 Å². The first-order valence-corrected chi connectivity index (χ1v) is 11.2. The van der Waals surface area contributed by atoms with Gasteiger partial charge in [0, 0.05) is 37.3 Å². The summed E-state index contributed by atoms with van der Waals surface area (Å²) in [4.78, 5) is 26.6. The molecule has 1 N–H and O–H groups in total. The van der Waals surface area contributed by atoms with Gasteiger partial charge < -0.3 is 15.0 Å². The van der Waals surface area contributed by atoms with Crippen molar-refractivity contribution < 1.29 is 23.1 Å². The third-order valence-electron chi connectivity index (χ3n) is 6.06. The number of esters is 1. The standard InChI is InChI=1S/C27H26F2N2O3/c1-34-27(33)26-21(7-4-8-22(26)28)19-11-12-20(23(29)16-19)17-30-25(32)10-5-14-31-15-13-18-6-2-3-9-24(18)31/h2-4,6-9,11-12,16H,5,10,13-15,17H2,1H3,(H,30,32). The third kappa shape index (κ3) is 5.09. The van der Waals surface area contributed by atoms with Gasteiger partial charge in [-0.1, -0.05) is 42.5 Å². The maximum Gasteiger partial charge on any atom is 0.341 e. The topological polar surface area (TPSA) is 58.6 Å². The number of hydrogen-bond acceptors (Lipinski definition) is 4. The first-order chi connectivity index (χ1) is 16.5. The molecule has 7 heteroatoms. The average Bonchev–Trinajstić information content (AvgIpc) is 3.25. The molecule has 176 valence electrons. The van der Waals surface area contributed by atoms with Gasteiger partial charge in [-0.25, -0.2) is 13.6 Å². The van der Waals surface area contributed by atoms with Crippen molar-refractivity contribution in [2.45, 2.75) is 25.8 Å². The molecule has 0 bridgehead atoms. The van der Waals surface area contributed by atoms with Crippen molar-refractivity contribution in [3.63, 3.8) is 0 Å². The number of rotatable bonds is 8. The number of carbonyl (C=O) groups excluding carboxylic acids is 2. The monoisotopic (exact) mass is 464 g/mol. The van der Waals surface area contributed by atoms with Crippen LogP contribution in [0.5, 0.6) is 0 Å². The molecule has 0 radical (unpaired) electrons. The molecule has 0 saturated carbocycles. The Hall–Kier alpha value is -3.74. The number of fused-ring (bicyclic) bond motifs is 1. The first kappa shape index (κ1) is 23.4. The fourth-order valence-electron chi connectivity index (χ4n) is 4.28. The van der Waals surface area contributed by atoms with E-state index in [0.717, 1.165) is 32.7 Å². The lowest BCUT2D eigenvalue weighted by Crippen LogP contribution is -2.26. The summed E-state index contributed by atoms with van der Waals surface area (Å²) in [6, 6.07) is 16.8. The zero-order valence-corrected chi connectivity index (χ0v) is 18.9. The van der Waals surface area contributed by atoms with Gasteiger partial charge in [-0.3, -0.25) is 4.79 Å². The second kappa shape index (κ2) is 10.5. The molecule has 3 aromatic rings. The van der Waals surface area contributed by atoms with Crippen LogP contribution in [0.25, 0.3) is 11.1 Å². The van der Waals surface area contributed by atoms with Crippen LogP contribution >= 0.6 is 0 Å². The summed E-state index contributed by atoms with van der Waals surface area (Å²) in [6.07, 6.45) is 2.08. The summed E-state index contributed by atoms with van der Waals surface area (Å²) < 4.78 is 33.6. The van der Waals surface area contributed by atoms with Gasteiger partial charge in [0.2, 0.25) is 5.91 Å². The molecule has 0 aromatic heterocycles. The Morgan fingerprint density at radius 1 is 1.03 bits per heavy atom. The zero-order chi connectivity index (χ0) is 24.1. The fraction of sp³-hybridized carbons (Fsp3) is 0.259. The van der Waals surface area contributed by atoms with Gasteiger partial charge in [-0.05, 0) is 47.7 Å². The number of anilines is 1. The Kier molecular flexibility index (Phi) is 7.21. The molecule has 5 nitrogen and oxygen atoms in total. The van der Waals surface area contributed by atoms with E-state index in [1.807, 2.05) is 12.1 Å². The van der Waals surface area contributed by atoms with Crippen LogP contribution in [-0.2, 0) is 22.5 Å². The minimum absolute atomic E-state index is 0.0461. The highest BCUT2D eigenvalue weighted by Crippen LogP contribution is 2.29. The molecular weight excluding hydrogens is 438 g/mol. The average molecular weight is 465 g/mol. The molecule has 0 saturated heterocycles. The molecule has 1 aliphatic heterocycles. The van der Waals surface area contributed by atoms with Crippen molar-refractivity contribution in [3.8, 4) is 11.1 Å². The molecule has 34 heavy (non-hydrogen) atoms. The lowest BCUT2D eigenvalue weighted by atomic mass is 9.98. The molecule has 0 unspecified atom stereocenters. The predicted octanol–water partition coefficient (Wildman–Crippen LogP) is 4.88. The van der Waals surface area contributed by atoms with Crippen molar-refractivity contribution in [2.75, 3.05) is 25.1 Å². The predicted molar refractivity (Wildman–Crippen MR) is 127 cm³/mol. The van der Waals surface area contributed by atoms with E-state index < -0.39 is 17.6 Å². The summed E-state index contributed by atoms with van der Waals surface area (Å²) in [5.74, 6) is -2.26. The van der Waals surface area contributed by atoms with Crippen molar-refractivity contribution in [3.05, 3.63) is 89.0 Å². The van der Waals surface area contributed by atoms with Crippen LogP contribution in [-0.4, -0.2) is 32.1 Å². The van der Waals surface area contributed by atoms with E-state index in [2.05, 4.69) is 27.1 Å². The van der Waals surface area contributed by atoms with Gasteiger partial charge in [-0.2, -0.15) is 0 Å². The second-order valence-corrected chi connectivity index (χ2v) is 8.21. The summed E-state index contributed by atoms with van der Waals surface area (Å²) in [5, 5.41) is 2.76. The molecule has 0 atom stereocenters. The van der Waals surface area contributed by atoms with Gasteiger partial charge in [-0.15, -0.1) is 0 Å². The minimum atomic E-state index is -0.831. The van der Waals surface area contributed by atoms with Gasteiger partial charge in [0.1, 0.15) is 17.2 Å². The number of nitrogens with one attached hydrogen (secondary N) is 1. The maximum atomic E-state index is 14.7. The highest BCUT2D eigenvalue weighted by atomic mass is 19.1. The van der Waals surface area contributed by atoms with E-state index in [1.54, 1.807) is 6.07 Å². The SMILES string of the molecule is COC(=O)c1c(F)cccc1-c1ccc(CNC(=O)CCCN2CCc3ccccc32)c(F)c1. The van der Waals surface area contributed by atoms with Crippen LogP contribution in [0.3, 0.4) is 0 Å². The van der Waals surface area contributed by atoms with Gasteiger partial charge in [0.05, 0.1) is 7.11 Å². The Morgan fingerprint density at radius 3 is 2.65 bits per heavy atom. The number of benzene rings is 3. The van der Waals surface area contributed by atoms with Gasteiger partial charge in [0.25, 0.3) is 0 Å². The summed E-state index contributed by atoms with van der Waals surface area (Å²) in [7, 11) is 1.16. The highest BCUT2D eigenvalue weighted by molar-refractivity contribution is 5.97. The number of para-hydroxylation sites is 1.